The van der Waals surface area contributed by atoms with Crippen molar-refractivity contribution in [3.05, 3.63) is 40.2 Å². The summed E-state index contributed by atoms with van der Waals surface area (Å²) in [4.78, 5) is 24.9. The molecule has 1 atom stereocenters. The van der Waals surface area contributed by atoms with Gasteiger partial charge in [-0.25, -0.2) is 0 Å². The lowest BCUT2D eigenvalue weighted by Gasteiger charge is -2.12. The Bertz CT molecular complexity index is 686. The third-order valence-electron chi connectivity index (χ3n) is 2.92. The minimum atomic E-state index is -1.06. The zero-order valence-corrected chi connectivity index (χ0v) is 12.1. The quantitative estimate of drug-likeness (QED) is 0.734. The molecule has 0 bridgehead atoms. The number of pyridine rings is 1. The zero-order chi connectivity index (χ0) is 14.0. The van der Waals surface area contributed by atoms with Gasteiger partial charge in [0.15, 0.2) is 0 Å². The van der Waals surface area contributed by atoms with Gasteiger partial charge in [0.25, 0.3) is 0 Å². The molecule has 0 saturated heterocycles. The maximum absolute atomic E-state index is 11.4. The Kier molecular flexibility index (Phi) is 6.87. The number of carboxylic acid groups (broad SMARTS) is 1. The van der Waals surface area contributed by atoms with Crippen LogP contribution in [-0.2, 0) is 11.2 Å². The average molecular weight is 317 g/mol. The third kappa shape index (κ3) is 3.94. The van der Waals surface area contributed by atoms with E-state index in [1.165, 1.54) is 13.2 Å². The number of H-pyrrole nitrogens is 1. The van der Waals surface area contributed by atoms with E-state index in [9.17, 15) is 9.59 Å². The Hall–Kier alpha value is -2.09. The largest absolute Gasteiger partial charge is 0.495 e. The van der Waals surface area contributed by atoms with Gasteiger partial charge in [-0.05, 0) is 24.1 Å². The Balaban J connectivity index is 0.00000200. The molecule has 0 radical (unpaired) electrons. The number of hydrogen-bond acceptors (Lipinski definition) is 4. The van der Waals surface area contributed by atoms with Crippen molar-refractivity contribution in [3.8, 4) is 5.75 Å². The van der Waals surface area contributed by atoms with Crippen molar-refractivity contribution in [3.63, 3.8) is 0 Å². The number of nitrogens with two attached hydrogens (primary N) is 1. The van der Waals surface area contributed by atoms with Crippen LogP contribution in [-0.4, -0.2) is 34.7 Å². The van der Waals surface area contributed by atoms with Gasteiger partial charge in [0.2, 0.25) is 5.56 Å². The molecule has 2 aromatic rings. The van der Waals surface area contributed by atoms with Gasteiger partial charge in [-0.3, -0.25) is 9.59 Å². The second kappa shape index (κ2) is 7.63. The van der Waals surface area contributed by atoms with Crippen LogP contribution in [0.15, 0.2) is 29.1 Å². The van der Waals surface area contributed by atoms with Crippen LogP contribution in [0.4, 0.5) is 0 Å². The van der Waals surface area contributed by atoms with Crippen molar-refractivity contribution in [2.24, 2.45) is 5.73 Å². The first-order valence-corrected chi connectivity index (χ1v) is 5.70. The summed E-state index contributed by atoms with van der Waals surface area (Å²) >= 11 is 0. The van der Waals surface area contributed by atoms with Gasteiger partial charge in [-0.2, -0.15) is 0 Å². The Morgan fingerprint density at radius 1 is 1.38 bits per heavy atom. The van der Waals surface area contributed by atoms with Crippen LogP contribution >= 0.6 is 12.4 Å². The van der Waals surface area contributed by atoms with E-state index in [4.69, 9.17) is 15.6 Å². The smallest absolute Gasteiger partial charge is 0.320 e. The number of hydrogen-bond donors (Lipinski definition) is 3. The fourth-order valence-electron chi connectivity index (χ4n) is 1.96. The predicted octanol–water partition coefficient (Wildman–Crippen LogP) is 0.0882. The van der Waals surface area contributed by atoms with Crippen molar-refractivity contribution >= 4 is 29.3 Å². The van der Waals surface area contributed by atoms with Gasteiger partial charge in [-0.15, -0.1) is 12.4 Å². The molecule has 6 N–H and O–H groups in total. The number of ether oxygens (including phenoxy) is 1. The van der Waals surface area contributed by atoms with Crippen LogP contribution in [0.2, 0.25) is 0 Å². The van der Waals surface area contributed by atoms with Gasteiger partial charge in [0.05, 0.1) is 12.6 Å². The number of carboxylic acids is 1. The van der Waals surface area contributed by atoms with Crippen LogP contribution in [0.3, 0.4) is 0 Å². The molecule has 116 valence electrons. The van der Waals surface area contributed by atoms with E-state index >= 15 is 0 Å². The van der Waals surface area contributed by atoms with E-state index in [0.717, 1.165) is 10.9 Å². The normalized spacial score (nSPS) is 11.1. The van der Waals surface area contributed by atoms with Crippen LogP contribution in [0.25, 0.3) is 10.9 Å². The summed E-state index contributed by atoms with van der Waals surface area (Å²) in [7, 11) is 1.50. The van der Waals surface area contributed by atoms with Gasteiger partial charge < -0.3 is 26.0 Å². The van der Waals surface area contributed by atoms with Gasteiger partial charge in [-0.1, -0.05) is 6.07 Å². The molecule has 0 saturated carbocycles. The number of rotatable bonds is 4. The van der Waals surface area contributed by atoms with Gasteiger partial charge in [0.1, 0.15) is 11.8 Å². The average Bonchev–Trinajstić information content (AvgIpc) is 2.38. The van der Waals surface area contributed by atoms with E-state index in [2.05, 4.69) is 4.98 Å². The molecule has 21 heavy (non-hydrogen) atoms. The van der Waals surface area contributed by atoms with E-state index in [1.807, 2.05) is 0 Å². The molecule has 2 rings (SSSR count). The monoisotopic (exact) mass is 316 g/mol. The highest BCUT2D eigenvalue weighted by Crippen LogP contribution is 2.26. The molecular weight excluding hydrogens is 300 g/mol. The number of nitrogens with one attached hydrogen (secondary N) is 1. The molecule has 1 unspecified atom stereocenters. The molecule has 1 aromatic carbocycles. The second-order valence-corrected chi connectivity index (χ2v) is 4.19. The number of methoxy groups -OCH3 is 1. The number of aromatic nitrogens is 1. The number of carbonyl (C=O) groups is 1. The number of benzene rings is 1. The topological polar surface area (TPSA) is 137 Å². The molecule has 0 spiro atoms. The lowest BCUT2D eigenvalue weighted by atomic mass is 10.0. The van der Waals surface area contributed by atoms with Gasteiger partial charge in [0, 0.05) is 11.5 Å². The summed E-state index contributed by atoms with van der Waals surface area (Å²) in [6, 6.07) is 5.48. The van der Waals surface area contributed by atoms with Crippen molar-refractivity contribution in [1.82, 2.24) is 4.98 Å². The maximum Gasteiger partial charge on any atom is 0.320 e. The standard InChI is InChI=1S/C13H14N2O4.ClH.H2O/c1-19-10-4-2-7(6-9(14)13(17)18)8-3-5-11(16)15-12(8)10;;/h2-5,9H,6,14H2,1H3,(H,15,16)(H,17,18);1H;1H2. The molecule has 1 heterocycles. The van der Waals surface area contributed by atoms with Crippen LogP contribution in [0.1, 0.15) is 5.56 Å². The molecular formula is C13H17ClN2O5. The molecule has 0 fully saturated rings. The zero-order valence-electron chi connectivity index (χ0n) is 11.3. The molecule has 0 aliphatic carbocycles. The van der Waals surface area contributed by atoms with E-state index in [1.54, 1.807) is 18.2 Å². The summed E-state index contributed by atoms with van der Waals surface area (Å²) in [6.07, 6.45) is 0.182. The SMILES string of the molecule is COc1ccc(CC(N)C(=O)O)c2ccc(=O)[nH]c12.Cl.O. The Morgan fingerprint density at radius 2 is 2.05 bits per heavy atom. The van der Waals surface area contributed by atoms with E-state index in [-0.39, 0.29) is 29.9 Å². The summed E-state index contributed by atoms with van der Waals surface area (Å²) in [5.41, 5.74) is 6.59. The van der Waals surface area contributed by atoms with Gasteiger partial charge >= 0.3 is 5.97 Å². The summed E-state index contributed by atoms with van der Waals surface area (Å²) < 4.78 is 5.17. The molecule has 8 heteroatoms. The van der Waals surface area contributed by atoms with Crippen molar-refractivity contribution in [2.45, 2.75) is 12.5 Å². The minimum absolute atomic E-state index is 0. The molecule has 1 aromatic heterocycles. The fourth-order valence-corrected chi connectivity index (χ4v) is 1.96. The summed E-state index contributed by atoms with van der Waals surface area (Å²) in [5.74, 6) is -0.534. The number of fused-ring (bicyclic) bond motifs is 1. The molecule has 0 aliphatic heterocycles. The first-order chi connectivity index (χ1) is 9.02. The number of aromatic amines is 1. The highest BCUT2D eigenvalue weighted by molar-refractivity contribution is 5.88. The molecule has 7 nitrogen and oxygen atoms in total. The minimum Gasteiger partial charge on any atom is -0.495 e. The summed E-state index contributed by atoms with van der Waals surface area (Å²) in [5, 5.41) is 9.58. The van der Waals surface area contributed by atoms with Crippen LogP contribution in [0, 0.1) is 0 Å². The highest BCUT2D eigenvalue weighted by Gasteiger charge is 2.15. The second-order valence-electron chi connectivity index (χ2n) is 4.19. The van der Waals surface area contributed by atoms with E-state index < -0.39 is 12.0 Å². The fraction of sp³-hybridized carbons (Fsp3) is 0.231. The summed E-state index contributed by atoms with van der Waals surface area (Å²) in [6.45, 7) is 0. The highest BCUT2D eigenvalue weighted by atomic mass is 35.5. The van der Waals surface area contributed by atoms with E-state index in [0.29, 0.717) is 11.3 Å². The van der Waals surface area contributed by atoms with Crippen molar-refractivity contribution in [1.29, 1.82) is 0 Å². The molecule has 0 aliphatic rings. The first-order valence-electron chi connectivity index (χ1n) is 5.70. The maximum atomic E-state index is 11.4. The first kappa shape index (κ1) is 18.9. The molecule has 0 amide bonds. The number of aliphatic carboxylic acids is 1. The Labute approximate surface area is 126 Å². The third-order valence-corrected chi connectivity index (χ3v) is 2.92. The lowest BCUT2D eigenvalue weighted by Crippen LogP contribution is -2.32. The lowest BCUT2D eigenvalue weighted by molar-refractivity contribution is -0.138. The number of halogens is 1. The Morgan fingerprint density at radius 3 is 2.62 bits per heavy atom. The van der Waals surface area contributed by atoms with Crippen molar-refractivity contribution in [2.75, 3.05) is 7.11 Å². The van der Waals surface area contributed by atoms with Crippen molar-refractivity contribution < 1.29 is 20.1 Å². The van der Waals surface area contributed by atoms with Crippen LogP contribution < -0.4 is 16.0 Å². The predicted molar refractivity (Wildman–Crippen MR) is 81.3 cm³/mol. The van der Waals surface area contributed by atoms with Crippen LogP contribution in [0.5, 0.6) is 5.75 Å².